The summed E-state index contributed by atoms with van der Waals surface area (Å²) in [5.41, 5.74) is 2.19. The first-order chi connectivity index (χ1) is 13.1. The van der Waals surface area contributed by atoms with E-state index < -0.39 is 11.6 Å². The maximum absolute atomic E-state index is 14.1. The van der Waals surface area contributed by atoms with Crippen LogP contribution in [0.15, 0.2) is 73.3 Å². The summed E-state index contributed by atoms with van der Waals surface area (Å²) in [5, 5.41) is 2.78. The number of carbonyl (C=O) groups excluding carboxylic acids is 1. The number of aromatic nitrogens is 3. The average molecular weight is 364 g/mol. The summed E-state index contributed by atoms with van der Waals surface area (Å²) in [7, 11) is 0. The van der Waals surface area contributed by atoms with Crippen LogP contribution in [0.4, 0.5) is 14.5 Å². The third-order valence-electron chi connectivity index (χ3n) is 4.08. The van der Waals surface area contributed by atoms with Crippen LogP contribution in [0.2, 0.25) is 0 Å². The van der Waals surface area contributed by atoms with Crippen LogP contribution in [0.1, 0.15) is 10.5 Å². The fourth-order valence-corrected chi connectivity index (χ4v) is 2.77. The fraction of sp³-hybridized carbons (Fsp3) is 0. The summed E-state index contributed by atoms with van der Waals surface area (Å²) in [6.07, 6.45) is 4.53. The minimum Gasteiger partial charge on any atom is -0.357 e. The van der Waals surface area contributed by atoms with E-state index in [1.807, 2.05) is 18.2 Å². The van der Waals surface area contributed by atoms with Crippen LogP contribution in [0, 0.1) is 11.6 Å². The van der Waals surface area contributed by atoms with Crippen LogP contribution in [0.3, 0.4) is 0 Å². The third kappa shape index (κ3) is 3.22. The van der Waals surface area contributed by atoms with Gasteiger partial charge in [-0.25, -0.2) is 13.8 Å². The summed E-state index contributed by atoms with van der Waals surface area (Å²) in [4.78, 5) is 19.3. The highest BCUT2D eigenvalue weighted by atomic mass is 19.2. The van der Waals surface area contributed by atoms with E-state index in [0.29, 0.717) is 22.6 Å². The zero-order valence-corrected chi connectivity index (χ0v) is 14.0. The van der Waals surface area contributed by atoms with E-state index in [4.69, 9.17) is 0 Å². The van der Waals surface area contributed by atoms with Crippen LogP contribution in [-0.2, 0) is 0 Å². The lowest BCUT2D eigenvalue weighted by Gasteiger charge is -2.08. The first kappa shape index (κ1) is 16.7. The number of amides is 1. The number of imidazole rings is 1. The van der Waals surface area contributed by atoms with Crippen molar-refractivity contribution in [1.82, 2.24) is 14.5 Å². The van der Waals surface area contributed by atoms with E-state index in [0.717, 1.165) is 6.07 Å². The van der Waals surface area contributed by atoms with Crippen LogP contribution < -0.4 is 5.32 Å². The Morgan fingerprint density at radius 3 is 2.70 bits per heavy atom. The van der Waals surface area contributed by atoms with Gasteiger partial charge in [-0.05, 0) is 30.3 Å². The first-order valence-corrected chi connectivity index (χ1v) is 8.15. The number of carbonyl (C=O) groups is 1. The van der Waals surface area contributed by atoms with Crippen LogP contribution >= 0.6 is 0 Å². The Balaban J connectivity index is 1.64. The molecule has 2 N–H and O–H groups in total. The van der Waals surface area contributed by atoms with Gasteiger partial charge in [0.05, 0.1) is 23.9 Å². The lowest BCUT2D eigenvalue weighted by molar-refractivity contribution is 0.102. The lowest BCUT2D eigenvalue weighted by atomic mass is 10.2. The van der Waals surface area contributed by atoms with Gasteiger partial charge >= 0.3 is 0 Å². The number of rotatable bonds is 4. The van der Waals surface area contributed by atoms with Gasteiger partial charge in [0, 0.05) is 17.4 Å². The number of nitrogens with zero attached hydrogens (tertiary/aromatic N) is 2. The number of aromatic amines is 1. The second-order valence-electron chi connectivity index (χ2n) is 5.84. The van der Waals surface area contributed by atoms with Crippen molar-refractivity contribution in [2.24, 2.45) is 0 Å². The van der Waals surface area contributed by atoms with Gasteiger partial charge in [0.2, 0.25) is 0 Å². The Kier molecular flexibility index (Phi) is 4.25. The normalized spacial score (nSPS) is 10.7. The van der Waals surface area contributed by atoms with E-state index in [1.165, 1.54) is 29.2 Å². The van der Waals surface area contributed by atoms with Gasteiger partial charge in [0.25, 0.3) is 5.91 Å². The minimum absolute atomic E-state index is 0.0407. The van der Waals surface area contributed by atoms with Crippen molar-refractivity contribution in [3.8, 4) is 16.9 Å². The minimum atomic E-state index is -0.964. The second kappa shape index (κ2) is 6.87. The molecular weight excluding hydrogens is 350 g/mol. The number of anilines is 1. The zero-order valence-electron chi connectivity index (χ0n) is 14.0. The number of hydrogen-bond donors (Lipinski definition) is 2. The topological polar surface area (TPSA) is 62.7 Å². The molecule has 0 unspecified atom stereocenters. The van der Waals surface area contributed by atoms with Crippen molar-refractivity contribution >= 4 is 11.6 Å². The Morgan fingerprint density at radius 2 is 1.89 bits per heavy atom. The number of para-hydroxylation sites is 1. The molecule has 4 aromatic rings. The van der Waals surface area contributed by atoms with E-state index >= 15 is 0 Å². The molecule has 134 valence electrons. The van der Waals surface area contributed by atoms with E-state index in [-0.39, 0.29) is 11.6 Å². The molecule has 27 heavy (non-hydrogen) atoms. The molecule has 4 rings (SSSR count). The highest BCUT2D eigenvalue weighted by molar-refractivity contribution is 6.03. The fourth-order valence-electron chi connectivity index (χ4n) is 2.77. The summed E-state index contributed by atoms with van der Waals surface area (Å²) < 4.78 is 29.1. The number of benzene rings is 2. The Bertz CT molecular complexity index is 1100. The van der Waals surface area contributed by atoms with E-state index in [9.17, 15) is 13.6 Å². The quantitative estimate of drug-likeness (QED) is 0.564. The van der Waals surface area contributed by atoms with Gasteiger partial charge in [0.15, 0.2) is 11.6 Å². The van der Waals surface area contributed by atoms with Crippen molar-refractivity contribution in [3.63, 3.8) is 0 Å². The Hall–Kier alpha value is -3.74. The molecule has 5 nitrogen and oxygen atoms in total. The van der Waals surface area contributed by atoms with Crippen LogP contribution in [0.25, 0.3) is 16.9 Å². The van der Waals surface area contributed by atoms with Crippen molar-refractivity contribution in [1.29, 1.82) is 0 Å². The molecule has 0 saturated carbocycles. The van der Waals surface area contributed by atoms with Crippen molar-refractivity contribution in [2.45, 2.75) is 0 Å². The Morgan fingerprint density at radius 1 is 1.07 bits per heavy atom. The van der Waals surface area contributed by atoms with E-state index in [2.05, 4.69) is 15.3 Å². The lowest BCUT2D eigenvalue weighted by Crippen LogP contribution is -2.11. The number of hydrogen-bond acceptors (Lipinski definition) is 2. The number of nitrogens with one attached hydrogen (secondary N) is 2. The smallest absolute Gasteiger partial charge is 0.272 e. The van der Waals surface area contributed by atoms with Gasteiger partial charge in [-0.15, -0.1) is 0 Å². The monoisotopic (exact) mass is 364 g/mol. The molecule has 2 aromatic heterocycles. The molecular formula is C20H14F2N4O. The van der Waals surface area contributed by atoms with Crippen molar-refractivity contribution in [2.75, 3.05) is 5.32 Å². The van der Waals surface area contributed by atoms with Gasteiger partial charge in [-0.1, -0.05) is 24.3 Å². The molecule has 7 heteroatoms. The highest BCUT2D eigenvalue weighted by Gasteiger charge is 2.16. The SMILES string of the molecule is O=C(Nc1ccccc1)c1cc(-c2cncn2-c2cccc(F)c2F)c[nH]1. The molecule has 0 spiro atoms. The number of H-pyrrole nitrogens is 1. The Labute approximate surface area is 153 Å². The molecule has 2 heterocycles. The molecule has 0 atom stereocenters. The molecule has 2 aromatic carbocycles. The molecule has 0 aliphatic heterocycles. The predicted octanol–water partition coefficient (Wildman–Crippen LogP) is 4.40. The maximum Gasteiger partial charge on any atom is 0.272 e. The summed E-state index contributed by atoms with van der Waals surface area (Å²) >= 11 is 0. The molecule has 0 radical (unpaired) electrons. The highest BCUT2D eigenvalue weighted by Crippen LogP contribution is 2.26. The molecule has 0 aliphatic rings. The second-order valence-corrected chi connectivity index (χ2v) is 5.84. The zero-order chi connectivity index (χ0) is 18.8. The first-order valence-electron chi connectivity index (χ1n) is 8.15. The van der Waals surface area contributed by atoms with Gasteiger partial charge < -0.3 is 10.3 Å². The van der Waals surface area contributed by atoms with E-state index in [1.54, 1.807) is 24.4 Å². The van der Waals surface area contributed by atoms with Crippen molar-refractivity contribution < 1.29 is 13.6 Å². The van der Waals surface area contributed by atoms with Gasteiger partial charge in [-0.2, -0.15) is 0 Å². The maximum atomic E-state index is 14.1. The van der Waals surface area contributed by atoms with Gasteiger partial charge in [-0.3, -0.25) is 9.36 Å². The molecule has 0 saturated heterocycles. The van der Waals surface area contributed by atoms with Gasteiger partial charge in [0.1, 0.15) is 5.69 Å². The van der Waals surface area contributed by atoms with Crippen LogP contribution in [-0.4, -0.2) is 20.4 Å². The molecule has 0 aliphatic carbocycles. The predicted molar refractivity (Wildman–Crippen MR) is 97.7 cm³/mol. The van der Waals surface area contributed by atoms with Crippen molar-refractivity contribution in [3.05, 3.63) is 90.6 Å². The molecule has 1 amide bonds. The largest absolute Gasteiger partial charge is 0.357 e. The third-order valence-corrected chi connectivity index (χ3v) is 4.08. The van der Waals surface area contributed by atoms with Crippen LogP contribution in [0.5, 0.6) is 0 Å². The average Bonchev–Trinajstić information content (AvgIpc) is 3.34. The summed E-state index contributed by atoms with van der Waals surface area (Å²) in [5.74, 6) is -2.21. The summed E-state index contributed by atoms with van der Waals surface area (Å²) in [6.45, 7) is 0. The number of halogens is 2. The summed E-state index contributed by atoms with van der Waals surface area (Å²) in [6, 6.07) is 14.6. The molecule has 0 bridgehead atoms. The molecule has 0 fully saturated rings. The standard InChI is InChI=1S/C20H14F2N4O/c21-15-7-4-8-17(19(15)22)26-12-23-11-18(26)13-9-16(24-10-13)20(27)25-14-5-2-1-3-6-14/h1-12,24H,(H,25,27).